The Kier molecular flexibility index (Phi) is 5.66. The molecule has 3 aliphatic rings. The maximum absolute atomic E-state index is 9.08. The molecule has 0 unspecified atom stereocenters. The van der Waals surface area contributed by atoms with Crippen LogP contribution in [0.25, 0.3) is 0 Å². The Morgan fingerprint density at radius 1 is 1.08 bits per heavy atom. The van der Waals surface area contributed by atoms with E-state index in [1.807, 2.05) is 0 Å². The summed E-state index contributed by atoms with van der Waals surface area (Å²) in [5.41, 5.74) is -0.275. The summed E-state index contributed by atoms with van der Waals surface area (Å²) in [5.74, 6) is 0. The third kappa shape index (κ3) is 5.87. The molecule has 3 aliphatic heterocycles. The lowest BCUT2D eigenvalue weighted by Gasteiger charge is -2.33. The first-order valence-corrected chi connectivity index (χ1v) is 10.7. The van der Waals surface area contributed by atoms with Gasteiger partial charge in [-0.15, -0.1) is 0 Å². The Morgan fingerprint density at radius 2 is 1.60 bits per heavy atom. The molecule has 3 rings (SSSR count). The van der Waals surface area contributed by atoms with Gasteiger partial charge in [-0.3, -0.25) is 0 Å². The maximum atomic E-state index is 9.08. The predicted molar refractivity (Wildman–Crippen MR) is 92.8 cm³/mol. The smallest absolute Gasteiger partial charge is 0.151 e. The second-order valence-corrected chi connectivity index (χ2v) is 10.8. The molecule has 0 aromatic carbocycles. The zero-order valence-electron chi connectivity index (χ0n) is 16.4. The van der Waals surface area contributed by atoms with Crippen molar-refractivity contribution in [3.8, 4) is 0 Å². The van der Waals surface area contributed by atoms with Crippen molar-refractivity contribution in [3.63, 3.8) is 0 Å². The first-order valence-electron chi connectivity index (χ1n) is 8.90. The largest absolute Gasteiger partial charge is 0.748 e. The summed E-state index contributed by atoms with van der Waals surface area (Å²) in [6.45, 7) is 14.8. The number of quaternary nitrogens is 1. The Bertz CT molecular complexity index is 571. The summed E-state index contributed by atoms with van der Waals surface area (Å²) in [7, 11) is -3.92. The molecule has 25 heavy (non-hydrogen) atoms. The number of piperidine rings is 1. The molecule has 0 saturated carbocycles. The van der Waals surface area contributed by atoms with Crippen molar-refractivity contribution in [3.05, 3.63) is 0 Å². The van der Waals surface area contributed by atoms with Crippen LogP contribution in [0, 0.1) is 0 Å². The van der Waals surface area contributed by atoms with Crippen LogP contribution < -0.4 is 0 Å². The average Bonchev–Trinajstić information content (AvgIpc) is 2.93. The van der Waals surface area contributed by atoms with E-state index in [2.05, 4.69) is 41.5 Å². The molecule has 1 spiro atoms. The second kappa shape index (κ2) is 6.73. The highest BCUT2D eigenvalue weighted by Gasteiger charge is 2.66. The normalized spacial score (nSPS) is 37.6. The number of hydrogen-bond acceptors (Lipinski definition) is 6. The number of fused-ring (bicyclic) bond motifs is 1. The van der Waals surface area contributed by atoms with Gasteiger partial charge in [-0.05, 0) is 41.5 Å². The van der Waals surface area contributed by atoms with Crippen molar-refractivity contribution in [2.75, 3.05) is 19.3 Å². The quantitative estimate of drug-likeness (QED) is 0.537. The Balaban J connectivity index is 0.000000399. The Morgan fingerprint density at radius 3 is 2.04 bits per heavy atom. The lowest BCUT2D eigenvalue weighted by atomic mass is 9.98. The lowest BCUT2D eigenvalue weighted by Crippen LogP contribution is -2.49. The van der Waals surface area contributed by atoms with E-state index in [-0.39, 0.29) is 23.4 Å². The number of hydrogen-bond donors (Lipinski definition) is 0. The number of ether oxygens (including phenoxy) is 2. The van der Waals surface area contributed by atoms with Crippen LogP contribution in [-0.4, -0.2) is 72.5 Å². The zero-order chi connectivity index (χ0) is 19.3. The molecule has 0 aromatic heterocycles. The van der Waals surface area contributed by atoms with Gasteiger partial charge in [-0.1, -0.05) is 0 Å². The molecule has 3 fully saturated rings. The standard InChI is InChI=1S/C16H30NO3.CH4O3S/c1-15(2,3)18-13-10-17-8-7-11(20-17)9-12(17)14(13)19-16(4,5)6;1-5(2,3)4/h11-14H,7-10H2,1-6H3;1H3,(H,2,3,4)/q+1;/p-1/t11-,12+,13+,14+,17-;/m1./s1. The predicted octanol–water partition coefficient (Wildman–Crippen LogP) is 1.82. The fraction of sp³-hybridized carbons (Fsp3) is 1.00. The molecule has 7 nitrogen and oxygen atoms in total. The summed E-state index contributed by atoms with van der Waals surface area (Å²) < 4.78 is 40.7. The minimum absolute atomic E-state index is 0.137. The molecule has 8 heteroatoms. The van der Waals surface area contributed by atoms with Crippen molar-refractivity contribution in [1.29, 1.82) is 0 Å². The van der Waals surface area contributed by atoms with Gasteiger partial charge in [0.05, 0.1) is 21.3 Å². The fourth-order valence-corrected chi connectivity index (χ4v) is 4.08. The van der Waals surface area contributed by atoms with Crippen LogP contribution in [0.1, 0.15) is 54.4 Å². The number of hydroxylamine groups is 3. The SMILES string of the molecule is CC(C)(C)O[C@@H]1[C@@H](OC(C)(C)C)C[N@+]23CC[C@H](C[C@@H]12)O3.CS(=O)(=O)[O-]. The third-order valence-electron chi connectivity index (χ3n) is 4.53. The molecule has 0 aromatic rings. The van der Waals surface area contributed by atoms with Gasteiger partial charge in [-0.2, -0.15) is 9.48 Å². The van der Waals surface area contributed by atoms with Crippen LogP contribution in [0.5, 0.6) is 0 Å². The molecule has 5 atom stereocenters. The minimum Gasteiger partial charge on any atom is -0.748 e. The van der Waals surface area contributed by atoms with Crippen LogP contribution in [0.4, 0.5) is 0 Å². The highest BCUT2D eigenvalue weighted by atomic mass is 32.2. The van der Waals surface area contributed by atoms with E-state index in [0.717, 1.165) is 24.2 Å². The molecule has 3 heterocycles. The molecule has 0 amide bonds. The van der Waals surface area contributed by atoms with Gasteiger partial charge in [0.2, 0.25) is 0 Å². The fourth-order valence-electron chi connectivity index (χ4n) is 4.08. The monoisotopic (exact) mass is 379 g/mol. The topological polar surface area (TPSA) is 84.9 Å². The van der Waals surface area contributed by atoms with Gasteiger partial charge in [0.25, 0.3) is 0 Å². The van der Waals surface area contributed by atoms with Crippen molar-refractivity contribution >= 4 is 10.1 Å². The summed E-state index contributed by atoms with van der Waals surface area (Å²) >= 11 is 0. The molecule has 0 aliphatic carbocycles. The van der Waals surface area contributed by atoms with Gasteiger partial charge in [0.1, 0.15) is 31.4 Å². The number of rotatable bonds is 2. The highest BCUT2D eigenvalue weighted by molar-refractivity contribution is 7.84. The summed E-state index contributed by atoms with van der Waals surface area (Å²) in [6, 6.07) is 0.459. The van der Waals surface area contributed by atoms with Gasteiger partial charge < -0.3 is 14.0 Å². The maximum Gasteiger partial charge on any atom is 0.151 e. The van der Waals surface area contributed by atoms with E-state index in [0.29, 0.717) is 18.4 Å². The van der Waals surface area contributed by atoms with Crippen molar-refractivity contribution in [2.45, 2.75) is 89.9 Å². The third-order valence-corrected chi connectivity index (χ3v) is 4.53. The van der Waals surface area contributed by atoms with Gasteiger partial charge in [-0.25, -0.2) is 8.42 Å². The van der Waals surface area contributed by atoms with Gasteiger partial charge in [0.15, 0.2) is 6.04 Å². The molecule has 0 N–H and O–H groups in total. The molecule has 0 radical (unpaired) electrons. The molecule has 2 bridgehead atoms. The Hall–Kier alpha value is -0.250. The van der Waals surface area contributed by atoms with E-state index in [1.165, 1.54) is 6.42 Å². The first kappa shape index (κ1) is 21.1. The van der Waals surface area contributed by atoms with E-state index in [9.17, 15) is 0 Å². The van der Waals surface area contributed by atoms with Crippen LogP contribution in [0.3, 0.4) is 0 Å². The van der Waals surface area contributed by atoms with Crippen LogP contribution >= 0.6 is 0 Å². The average molecular weight is 380 g/mol. The zero-order valence-corrected chi connectivity index (χ0v) is 17.3. The number of nitrogens with zero attached hydrogens (tertiary/aromatic N) is 1. The van der Waals surface area contributed by atoms with E-state index in [4.69, 9.17) is 27.3 Å². The molecule has 148 valence electrons. The summed E-state index contributed by atoms with van der Waals surface area (Å²) in [5, 5.41) is 0. The minimum atomic E-state index is -3.92. The van der Waals surface area contributed by atoms with E-state index >= 15 is 0 Å². The van der Waals surface area contributed by atoms with Crippen LogP contribution in [0.15, 0.2) is 0 Å². The molecular weight excluding hydrogens is 346 g/mol. The van der Waals surface area contributed by atoms with Crippen molar-refractivity contribution in [2.24, 2.45) is 0 Å². The summed E-state index contributed by atoms with van der Waals surface area (Å²) in [4.78, 5) is 6.25. The van der Waals surface area contributed by atoms with E-state index in [1.54, 1.807) is 0 Å². The Labute approximate surface area is 151 Å². The van der Waals surface area contributed by atoms with Crippen molar-refractivity contribution in [1.82, 2.24) is 0 Å². The molecular formula is C17H33NO6S. The second-order valence-electron chi connectivity index (χ2n) is 9.35. The van der Waals surface area contributed by atoms with Crippen molar-refractivity contribution < 1.29 is 31.9 Å². The van der Waals surface area contributed by atoms with E-state index < -0.39 is 10.1 Å². The van der Waals surface area contributed by atoms with Gasteiger partial charge in [0, 0.05) is 19.1 Å². The highest BCUT2D eigenvalue weighted by Crippen LogP contribution is 2.48. The van der Waals surface area contributed by atoms with Gasteiger partial charge >= 0.3 is 0 Å². The summed E-state index contributed by atoms with van der Waals surface area (Å²) in [6.07, 6.45) is 3.66. The van der Waals surface area contributed by atoms with Crippen LogP contribution in [0.2, 0.25) is 0 Å². The first-order chi connectivity index (χ1) is 11.1. The molecule has 3 saturated heterocycles. The lowest BCUT2D eigenvalue weighted by molar-refractivity contribution is -1.09. The van der Waals surface area contributed by atoms with Crippen LogP contribution in [-0.2, 0) is 24.4 Å².